The first-order valence-electron chi connectivity index (χ1n) is 9.90. The van der Waals surface area contributed by atoms with Gasteiger partial charge in [0.15, 0.2) is 5.78 Å². The topological polar surface area (TPSA) is 93.4 Å². The molecule has 4 aliphatic carbocycles. The highest BCUT2D eigenvalue weighted by atomic mass is 32.2. The minimum absolute atomic E-state index is 0.0531. The van der Waals surface area contributed by atoms with Gasteiger partial charge in [0, 0.05) is 18.3 Å². The van der Waals surface area contributed by atoms with Crippen LogP contribution in [0, 0.1) is 23.2 Å². The SMILES string of the molecule is CS(=O)(=O)N(Cc1ccc(C(=O)CN)cn1)CC12CC3CC(CC(C3)C1)C2. The van der Waals surface area contributed by atoms with Crippen molar-refractivity contribution in [1.29, 1.82) is 0 Å². The highest BCUT2D eigenvalue weighted by Crippen LogP contribution is 2.60. The van der Waals surface area contributed by atoms with Crippen molar-refractivity contribution in [3.8, 4) is 0 Å². The van der Waals surface area contributed by atoms with Crippen LogP contribution >= 0.6 is 0 Å². The second-order valence-electron chi connectivity index (χ2n) is 9.11. The van der Waals surface area contributed by atoms with E-state index in [4.69, 9.17) is 5.73 Å². The van der Waals surface area contributed by atoms with Crippen LogP contribution in [0.1, 0.15) is 54.6 Å². The molecular weight excluding hydrogens is 362 g/mol. The van der Waals surface area contributed by atoms with Gasteiger partial charge in [0.25, 0.3) is 0 Å². The van der Waals surface area contributed by atoms with E-state index in [9.17, 15) is 13.2 Å². The summed E-state index contributed by atoms with van der Waals surface area (Å²) in [6, 6.07) is 3.42. The van der Waals surface area contributed by atoms with Crippen LogP contribution in [0.15, 0.2) is 18.3 Å². The molecule has 0 radical (unpaired) electrons. The molecule has 148 valence electrons. The normalized spacial score (nSPS) is 32.2. The number of hydrogen-bond acceptors (Lipinski definition) is 5. The molecule has 0 spiro atoms. The van der Waals surface area contributed by atoms with Crippen molar-refractivity contribution in [2.75, 3.05) is 19.3 Å². The number of rotatable bonds is 7. The first kappa shape index (κ1) is 19.0. The lowest BCUT2D eigenvalue weighted by Gasteiger charge is -2.57. The van der Waals surface area contributed by atoms with Crippen molar-refractivity contribution in [2.45, 2.75) is 45.1 Å². The van der Waals surface area contributed by atoms with Crippen LogP contribution in [0.4, 0.5) is 0 Å². The monoisotopic (exact) mass is 391 g/mol. The van der Waals surface area contributed by atoms with Gasteiger partial charge in [-0.1, -0.05) is 0 Å². The van der Waals surface area contributed by atoms with Crippen molar-refractivity contribution in [3.63, 3.8) is 0 Å². The second-order valence-corrected chi connectivity index (χ2v) is 11.1. The van der Waals surface area contributed by atoms with Crippen LogP contribution in [0.3, 0.4) is 0 Å². The van der Waals surface area contributed by atoms with E-state index in [2.05, 4.69) is 4.98 Å². The molecule has 1 aromatic heterocycles. The lowest BCUT2D eigenvalue weighted by atomic mass is 9.49. The smallest absolute Gasteiger partial charge is 0.211 e. The molecule has 4 saturated carbocycles. The molecule has 0 atom stereocenters. The first-order chi connectivity index (χ1) is 12.8. The van der Waals surface area contributed by atoms with E-state index in [1.54, 1.807) is 16.4 Å². The van der Waals surface area contributed by atoms with Crippen LogP contribution < -0.4 is 5.73 Å². The fourth-order valence-electron chi connectivity index (χ4n) is 6.13. The van der Waals surface area contributed by atoms with Crippen molar-refractivity contribution in [1.82, 2.24) is 9.29 Å². The highest BCUT2D eigenvalue weighted by Gasteiger charge is 2.51. The fraction of sp³-hybridized carbons (Fsp3) is 0.700. The Balaban J connectivity index is 1.52. The summed E-state index contributed by atoms with van der Waals surface area (Å²) in [5, 5.41) is 0. The summed E-state index contributed by atoms with van der Waals surface area (Å²) >= 11 is 0. The molecule has 1 aromatic rings. The van der Waals surface area contributed by atoms with E-state index in [1.165, 1.54) is 51.0 Å². The maximum atomic E-state index is 12.5. The van der Waals surface area contributed by atoms with Crippen molar-refractivity contribution in [3.05, 3.63) is 29.6 Å². The fourth-order valence-corrected chi connectivity index (χ4v) is 7.00. The average Bonchev–Trinajstić information content (AvgIpc) is 2.59. The minimum atomic E-state index is -3.33. The van der Waals surface area contributed by atoms with Crippen LogP contribution in [0.25, 0.3) is 0 Å². The summed E-state index contributed by atoms with van der Waals surface area (Å²) in [7, 11) is -3.33. The maximum Gasteiger partial charge on any atom is 0.211 e. The van der Waals surface area contributed by atoms with E-state index >= 15 is 0 Å². The molecule has 27 heavy (non-hydrogen) atoms. The summed E-state index contributed by atoms with van der Waals surface area (Å²) in [6.45, 7) is 0.806. The van der Waals surface area contributed by atoms with Gasteiger partial charge in [-0.25, -0.2) is 8.42 Å². The molecule has 4 aliphatic rings. The summed E-state index contributed by atoms with van der Waals surface area (Å²) in [6.07, 6.45) is 10.3. The Hall–Kier alpha value is -1.31. The Morgan fingerprint density at radius 2 is 1.78 bits per heavy atom. The molecule has 0 aliphatic heterocycles. The molecule has 4 bridgehead atoms. The number of carbonyl (C=O) groups excluding carboxylic acids is 1. The summed E-state index contributed by atoms with van der Waals surface area (Å²) in [4.78, 5) is 16.0. The third-order valence-electron chi connectivity index (χ3n) is 6.82. The zero-order valence-electron chi connectivity index (χ0n) is 15.9. The van der Waals surface area contributed by atoms with E-state index in [-0.39, 0.29) is 24.3 Å². The Kier molecular flexibility index (Phi) is 4.89. The van der Waals surface area contributed by atoms with Crippen LogP contribution in [0.5, 0.6) is 0 Å². The van der Waals surface area contributed by atoms with Crippen molar-refractivity contribution in [2.24, 2.45) is 28.9 Å². The number of ketones is 1. The lowest BCUT2D eigenvalue weighted by Crippen LogP contribution is -2.51. The molecule has 6 nitrogen and oxygen atoms in total. The van der Waals surface area contributed by atoms with Gasteiger partial charge in [0.1, 0.15) is 0 Å². The number of hydrogen-bond donors (Lipinski definition) is 1. The van der Waals surface area contributed by atoms with Crippen molar-refractivity contribution >= 4 is 15.8 Å². The molecule has 2 N–H and O–H groups in total. The van der Waals surface area contributed by atoms with Crippen LogP contribution in [0.2, 0.25) is 0 Å². The Morgan fingerprint density at radius 1 is 1.19 bits per heavy atom. The zero-order valence-corrected chi connectivity index (χ0v) is 16.7. The summed E-state index contributed by atoms with van der Waals surface area (Å²) in [5.41, 5.74) is 6.66. The van der Waals surface area contributed by atoms with E-state index in [0.29, 0.717) is 17.8 Å². The second kappa shape index (κ2) is 6.94. The first-order valence-corrected chi connectivity index (χ1v) is 11.7. The van der Waals surface area contributed by atoms with Crippen LogP contribution in [-0.2, 0) is 16.6 Å². The predicted octanol–water partition coefficient (Wildman–Crippen LogP) is 2.20. The standard InChI is InChI=1S/C20H29N3O3S/c1-27(25,26)23(12-18-3-2-17(11-22-18)19(24)10-21)13-20-7-14-4-15(8-20)6-16(5-14)9-20/h2-3,11,14-16H,4-10,12-13,21H2,1H3. The molecular formula is C20H29N3O3S. The zero-order chi connectivity index (χ0) is 19.2. The third-order valence-corrected chi connectivity index (χ3v) is 8.01. The van der Waals surface area contributed by atoms with E-state index in [0.717, 1.165) is 17.8 Å². The van der Waals surface area contributed by atoms with Crippen molar-refractivity contribution < 1.29 is 13.2 Å². The van der Waals surface area contributed by atoms with Gasteiger partial charge in [-0.3, -0.25) is 9.78 Å². The van der Waals surface area contributed by atoms with Gasteiger partial charge in [-0.2, -0.15) is 4.31 Å². The predicted molar refractivity (Wildman–Crippen MR) is 103 cm³/mol. The average molecular weight is 392 g/mol. The number of aromatic nitrogens is 1. The summed E-state index contributed by atoms with van der Waals surface area (Å²) in [5.74, 6) is 2.20. The molecule has 0 saturated heterocycles. The molecule has 7 heteroatoms. The Bertz CT molecular complexity index is 784. The third kappa shape index (κ3) is 3.96. The van der Waals surface area contributed by atoms with E-state index in [1.807, 2.05) is 0 Å². The van der Waals surface area contributed by atoms with Gasteiger partial charge in [-0.05, 0) is 73.8 Å². The number of Topliss-reactive ketones (excluding diaryl/α,β-unsaturated/α-hetero) is 1. The Morgan fingerprint density at radius 3 is 2.22 bits per heavy atom. The van der Waals surface area contributed by atoms with Gasteiger partial charge in [0.05, 0.1) is 25.0 Å². The maximum absolute atomic E-state index is 12.5. The number of sulfonamides is 1. The van der Waals surface area contributed by atoms with Gasteiger partial charge < -0.3 is 5.73 Å². The van der Waals surface area contributed by atoms with Gasteiger partial charge in [0.2, 0.25) is 10.0 Å². The van der Waals surface area contributed by atoms with Crippen LogP contribution in [-0.4, -0.2) is 42.8 Å². The quantitative estimate of drug-likeness (QED) is 0.719. The molecule has 0 amide bonds. The van der Waals surface area contributed by atoms with E-state index < -0.39 is 10.0 Å². The number of nitrogens with two attached hydrogens (primary N) is 1. The van der Waals surface area contributed by atoms with Gasteiger partial charge >= 0.3 is 0 Å². The molecule has 0 aromatic carbocycles. The highest BCUT2D eigenvalue weighted by molar-refractivity contribution is 7.88. The molecule has 0 unspecified atom stereocenters. The number of nitrogens with zero attached hydrogens (tertiary/aromatic N) is 2. The number of carbonyl (C=O) groups is 1. The molecule has 5 rings (SSSR count). The molecule has 1 heterocycles. The lowest BCUT2D eigenvalue weighted by molar-refractivity contribution is -0.0607. The van der Waals surface area contributed by atoms with Gasteiger partial charge in [-0.15, -0.1) is 0 Å². The Labute approximate surface area is 161 Å². The largest absolute Gasteiger partial charge is 0.324 e. The summed E-state index contributed by atoms with van der Waals surface area (Å²) < 4.78 is 26.6. The minimum Gasteiger partial charge on any atom is -0.324 e. The molecule has 4 fully saturated rings. The number of pyridine rings is 1.